The van der Waals surface area contributed by atoms with Gasteiger partial charge in [0.15, 0.2) is 0 Å². The molecule has 0 bridgehead atoms. The first kappa shape index (κ1) is 15.0. The third kappa shape index (κ3) is 4.06. The second kappa shape index (κ2) is 7.39. The molecule has 2 fully saturated rings. The van der Waals surface area contributed by atoms with E-state index in [1.165, 1.54) is 57.4 Å². The lowest BCUT2D eigenvalue weighted by Crippen LogP contribution is -2.49. The molecule has 2 N–H and O–H groups in total. The average molecular weight is 287 g/mol. The lowest BCUT2D eigenvalue weighted by molar-refractivity contribution is 0.0709. The van der Waals surface area contributed by atoms with Crippen LogP contribution < -0.4 is 5.73 Å². The highest BCUT2D eigenvalue weighted by atomic mass is 15.2. The summed E-state index contributed by atoms with van der Waals surface area (Å²) in [5.74, 6) is 0.737. The quantitative estimate of drug-likeness (QED) is 0.922. The van der Waals surface area contributed by atoms with Crippen LogP contribution in [0.15, 0.2) is 30.3 Å². The lowest BCUT2D eigenvalue weighted by Gasteiger charge is -2.42. The molecule has 116 valence electrons. The van der Waals surface area contributed by atoms with Gasteiger partial charge in [0.2, 0.25) is 0 Å². The van der Waals surface area contributed by atoms with Crippen LogP contribution >= 0.6 is 0 Å². The third-order valence-electron chi connectivity index (χ3n) is 5.21. The highest BCUT2D eigenvalue weighted by Crippen LogP contribution is 2.24. The molecule has 0 radical (unpaired) electrons. The van der Waals surface area contributed by atoms with E-state index >= 15 is 0 Å². The zero-order valence-electron chi connectivity index (χ0n) is 13.1. The second-order valence-electron chi connectivity index (χ2n) is 6.73. The first-order chi connectivity index (χ1) is 10.3. The van der Waals surface area contributed by atoms with Crippen molar-refractivity contribution in [3.63, 3.8) is 0 Å². The van der Waals surface area contributed by atoms with Crippen molar-refractivity contribution in [2.75, 3.05) is 32.7 Å². The van der Waals surface area contributed by atoms with Gasteiger partial charge in [0.25, 0.3) is 0 Å². The van der Waals surface area contributed by atoms with E-state index in [0.717, 1.165) is 25.0 Å². The number of hydrogen-bond donors (Lipinski definition) is 1. The molecule has 3 rings (SSSR count). The van der Waals surface area contributed by atoms with Gasteiger partial charge < -0.3 is 5.73 Å². The van der Waals surface area contributed by atoms with Crippen molar-refractivity contribution in [1.82, 2.24) is 9.80 Å². The molecule has 0 saturated carbocycles. The Morgan fingerprint density at radius 2 is 1.76 bits per heavy atom. The normalized spacial score (nSPS) is 26.0. The van der Waals surface area contributed by atoms with Crippen LogP contribution in [0, 0.1) is 5.92 Å². The maximum atomic E-state index is 5.87. The molecule has 2 aliphatic heterocycles. The maximum absolute atomic E-state index is 5.87. The molecule has 3 nitrogen and oxygen atoms in total. The first-order valence-corrected chi connectivity index (χ1v) is 8.55. The second-order valence-corrected chi connectivity index (χ2v) is 6.73. The molecule has 0 spiro atoms. The highest BCUT2D eigenvalue weighted by molar-refractivity contribution is 5.14. The molecular formula is C18H29N3. The average Bonchev–Trinajstić information content (AvgIpc) is 2.56. The van der Waals surface area contributed by atoms with Crippen LogP contribution in [0.4, 0.5) is 0 Å². The largest absolute Gasteiger partial charge is 0.330 e. The molecule has 3 heteroatoms. The van der Waals surface area contributed by atoms with Crippen molar-refractivity contribution in [3.05, 3.63) is 35.9 Å². The standard InChI is InChI=1S/C18H29N3/c19-13-17-7-4-10-21(15-17)18-8-11-20(12-9-18)14-16-5-2-1-3-6-16/h1-3,5-6,17-18H,4,7-15,19H2. The third-order valence-corrected chi connectivity index (χ3v) is 5.21. The summed E-state index contributed by atoms with van der Waals surface area (Å²) in [7, 11) is 0. The van der Waals surface area contributed by atoms with Gasteiger partial charge in [-0.25, -0.2) is 0 Å². The number of benzene rings is 1. The number of nitrogens with two attached hydrogens (primary N) is 1. The monoisotopic (exact) mass is 287 g/mol. The van der Waals surface area contributed by atoms with Crippen molar-refractivity contribution < 1.29 is 0 Å². The van der Waals surface area contributed by atoms with Gasteiger partial charge in [-0.2, -0.15) is 0 Å². The Hall–Kier alpha value is -0.900. The summed E-state index contributed by atoms with van der Waals surface area (Å²) in [5, 5.41) is 0. The molecule has 0 amide bonds. The van der Waals surface area contributed by atoms with Gasteiger partial charge >= 0.3 is 0 Å². The van der Waals surface area contributed by atoms with Crippen LogP contribution in [0.1, 0.15) is 31.2 Å². The van der Waals surface area contributed by atoms with Crippen LogP contribution in [0.25, 0.3) is 0 Å². The fraction of sp³-hybridized carbons (Fsp3) is 0.667. The Morgan fingerprint density at radius 3 is 2.48 bits per heavy atom. The summed E-state index contributed by atoms with van der Waals surface area (Å²) in [6, 6.07) is 11.7. The number of nitrogens with zero attached hydrogens (tertiary/aromatic N) is 2. The van der Waals surface area contributed by atoms with Gasteiger partial charge in [-0.1, -0.05) is 30.3 Å². The van der Waals surface area contributed by atoms with Gasteiger partial charge in [-0.3, -0.25) is 9.80 Å². The predicted octanol–water partition coefficient (Wildman–Crippen LogP) is 2.32. The van der Waals surface area contributed by atoms with Gasteiger partial charge in [0, 0.05) is 19.1 Å². The van der Waals surface area contributed by atoms with E-state index in [4.69, 9.17) is 5.73 Å². The number of likely N-dealkylation sites (tertiary alicyclic amines) is 2. The number of rotatable bonds is 4. The zero-order chi connectivity index (χ0) is 14.5. The molecule has 2 heterocycles. The van der Waals surface area contributed by atoms with E-state index in [1.807, 2.05) is 0 Å². The molecule has 1 atom stereocenters. The molecular weight excluding hydrogens is 258 g/mol. The lowest BCUT2D eigenvalue weighted by atomic mass is 9.94. The van der Waals surface area contributed by atoms with Crippen LogP contribution in [0.2, 0.25) is 0 Å². The first-order valence-electron chi connectivity index (χ1n) is 8.55. The van der Waals surface area contributed by atoms with Gasteiger partial charge in [-0.15, -0.1) is 0 Å². The van der Waals surface area contributed by atoms with Crippen LogP contribution in [0.5, 0.6) is 0 Å². The van der Waals surface area contributed by atoms with Gasteiger partial charge in [0.1, 0.15) is 0 Å². The summed E-state index contributed by atoms with van der Waals surface area (Å²) in [6.07, 6.45) is 5.32. The van der Waals surface area contributed by atoms with E-state index < -0.39 is 0 Å². The molecule has 21 heavy (non-hydrogen) atoms. The zero-order valence-corrected chi connectivity index (χ0v) is 13.1. The molecule has 1 aromatic rings. The number of hydrogen-bond acceptors (Lipinski definition) is 3. The van der Waals surface area contributed by atoms with Gasteiger partial charge in [0.05, 0.1) is 0 Å². The summed E-state index contributed by atoms with van der Waals surface area (Å²) in [4.78, 5) is 5.33. The summed E-state index contributed by atoms with van der Waals surface area (Å²) >= 11 is 0. The summed E-state index contributed by atoms with van der Waals surface area (Å²) in [6.45, 7) is 6.98. The van der Waals surface area contributed by atoms with Crippen molar-refractivity contribution in [2.24, 2.45) is 11.7 Å². The van der Waals surface area contributed by atoms with Crippen LogP contribution in [0.3, 0.4) is 0 Å². The van der Waals surface area contributed by atoms with E-state index in [0.29, 0.717) is 0 Å². The minimum atomic E-state index is 0.737. The highest BCUT2D eigenvalue weighted by Gasteiger charge is 2.28. The van der Waals surface area contributed by atoms with Crippen molar-refractivity contribution in [2.45, 2.75) is 38.3 Å². The Morgan fingerprint density at radius 1 is 1.00 bits per heavy atom. The Kier molecular flexibility index (Phi) is 5.28. The van der Waals surface area contributed by atoms with Gasteiger partial charge in [-0.05, 0) is 63.3 Å². The maximum Gasteiger partial charge on any atom is 0.0233 e. The van der Waals surface area contributed by atoms with E-state index in [1.54, 1.807) is 0 Å². The Balaban J connectivity index is 1.46. The van der Waals surface area contributed by atoms with Crippen molar-refractivity contribution in [3.8, 4) is 0 Å². The minimum Gasteiger partial charge on any atom is -0.330 e. The SMILES string of the molecule is NCC1CCCN(C2CCN(Cc3ccccc3)CC2)C1. The molecule has 1 aromatic carbocycles. The fourth-order valence-corrected chi connectivity index (χ4v) is 3.91. The topological polar surface area (TPSA) is 32.5 Å². The summed E-state index contributed by atoms with van der Waals surface area (Å²) in [5.41, 5.74) is 7.31. The molecule has 2 saturated heterocycles. The predicted molar refractivity (Wildman–Crippen MR) is 88.1 cm³/mol. The Labute approximate surface area is 129 Å². The molecule has 0 aromatic heterocycles. The summed E-state index contributed by atoms with van der Waals surface area (Å²) < 4.78 is 0. The fourth-order valence-electron chi connectivity index (χ4n) is 3.91. The van der Waals surface area contributed by atoms with Crippen molar-refractivity contribution in [1.29, 1.82) is 0 Å². The van der Waals surface area contributed by atoms with E-state index in [-0.39, 0.29) is 0 Å². The Bertz CT molecular complexity index is 412. The van der Waals surface area contributed by atoms with E-state index in [2.05, 4.69) is 40.1 Å². The molecule has 1 unspecified atom stereocenters. The smallest absolute Gasteiger partial charge is 0.0233 e. The minimum absolute atomic E-state index is 0.737. The van der Waals surface area contributed by atoms with Crippen LogP contribution in [-0.2, 0) is 6.54 Å². The van der Waals surface area contributed by atoms with E-state index in [9.17, 15) is 0 Å². The van der Waals surface area contributed by atoms with Crippen molar-refractivity contribution >= 4 is 0 Å². The molecule has 2 aliphatic rings. The molecule has 0 aliphatic carbocycles. The van der Waals surface area contributed by atoms with Crippen LogP contribution in [-0.4, -0.2) is 48.6 Å². The number of piperidine rings is 2.